The molecule has 1 aliphatic carbocycles. The quantitative estimate of drug-likeness (QED) is 0.825. The number of ether oxygens (including phenoxy) is 1. The second-order valence-corrected chi connectivity index (χ2v) is 7.04. The van der Waals surface area contributed by atoms with E-state index in [1.54, 1.807) is 0 Å². The zero-order valence-electron chi connectivity index (χ0n) is 15.4. The predicted molar refractivity (Wildman–Crippen MR) is 100.0 cm³/mol. The lowest BCUT2D eigenvalue weighted by Crippen LogP contribution is -2.39. The number of pyridine rings is 1. The summed E-state index contributed by atoms with van der Waals surface area (Å²) in [5, 5.41) is 13.2. The van der Waals surface area contributed by atoms with Gasteiger partial charge in [0.05, 0.1) is 18.8 Å². The number of nitrogens with zero attached hydrogens (tertiary/aromatic N) is 3. The van der Waals surface area contributed by atoms with Crippen LogP contribution >= 0.6 is 0 Å². The summed E-state index contributed by atoms with van der Waals surface area (Å²) >= 11 is 0. The molecule has 1 fully saturated rings. The number of unbranched alkanes of at least 4 members (excludes halogenated alkanes) is 1. The number of nitrogens with one attached hydrogen (secondary N) is 1. The van der Waals surface area contributed by atoms with Crippen LogP contribution in [0.5, 0.6) is 0 Å². The smallest absolute Gasteiger partial charge is 0.144 e. The fourth-order valence-corrected chi connectivity index (χ4v) is 3.86. The molecule has 0 saturated carbocycles. The van der Waals surface area contributed by atoms with Gasteiger partial charge in [0.25, 0.3) is 0 Å². The third kappa shape index (κ3) is 4.50. The van der Waals surface area contributed by atoms with Gasteiger partial charge in [-0.3, -0.25) is 4.90 Å². The Bertz CT molecular complexity index is 617. The fraction of sp³-hybridized carbons (Fsp3) is 0.700. The lowest BCUT2D eigenvalue weighted by molar-refractivity contribution is 0.0398. The van der Waals surface area contributed by atoms with Gasteiger partial charge in [0.2, 0.25) is 0 Å². The molecule has 0 radical (unpaired) electrons. The Morgan fingerprint density at radius 3 is 2.68 bits per heavy atom. The first-order valence-electron chi connectivity index (χ1n) is 9.82. The van der Waals surface area contributed by atoms with Crippen LogP contribution in [-0.4, -0.2) is 49.3 Å². The van der Waals surface area contributed by atoms with E-state index in [-0.39, 0.29) is 0 Å². The predicted octanol–water partition coefficient (Wildman–Crippen LogP) is 2.92. The second-order valence-electron chi connectivity index (χ2n) is 7.04. The standard InChI is InChI=1S/C20H30N4O/c1-2-3-8-19-17-7-5-4-6-16(17)18(15-21)20(23-19)22-9-10-24-11-13-25-14-12-24/h2-14H2,1H3,(H,22,23). The Kier molecular flexibility index (Phi) is 6.66. The summed E-state index contributed by atoms with van der Waals surface area (Å²) in [6.07, 6.45) is 7.90. The van der Waals surface area contributed by atoms with E-state index in [2.05, 4.69) is 23.2 Å². The van der Waals surface area contributed by atoms with Crippen LogP contribution < -0.4 is 5.32 Å². The first-order chi connectivity index (χ1) is 12.3. The molecule has 25 heavy (non-hydrogen) atoms. The molecule has 0 aromatic carbocycles. The van der Waals surface area contributed by atoms with Crippen LogP contribution in [0.4, 0.5) is 5.82 Å². The average Bonchev–Trinajstić information content (AvgIpc) is 2.67. The van der Waals surface area contributed by atoms with Gasteiger partial charge >= 0.3 is 0 Å². The van der Waals surface area contributed by atoms with Gasteiger partial charge in [-0.05, 0) is 49.7 Å². The maximum Gasteiger partial charge on any atom is 0.144 e. The molecule has 2 heterocycles. The van der Waals surface area contributed by atoms with Crippen molar-refractivity contribution in [2.24, 2.45) is 0 Å². The number of aromatic nitrogens is 1. The largest absolute Gasteiger partial charge is 0.379 e. The Labute approximate surface area is 151 Å². The van der Waals surface area contributed by atoms with Crippen LogP contribution in [0.3, 0.4) is 0 Å². The highest BCUT2D eigenvalue weighted by Gasteiger charge is 2.22. The van der Waals surface area contributed by atoms with E-state index < -0.39 is 0 Å². The van der Waals surface area contributed by atoms with Crippen LogP contribution in [0.2, 0.25) is 0 Å². The van der Waals surface area contributed by atoms with Gasteiger partial charge in [-0.1, -0.05) is 13.3 Å². The summed E-state index contributed by atoms with van der Waals surface area (Å²) in [6, 6.07) is 2.44. The number of hydrogen-bond donors (Lipinski definition) is 1. The number of aryl methyl sites for hydroxylation is 1. The minimum atomic E-state index is 0.789. The summed E-state index contributed by atoms with van der Waals surface area (Å²) in [7, 11) is 0. The number of hydrogen-bond acceptors (Lipinski definition) is 5. The fourth-order valence-electron chi connectivity index (χ4n) is 3.86. The molecule has 1 N–H and O–H groups in total. The van der Waals surface area contributed by atoms with E-state index in [0.717, 1.165) is 70.0 Å². The van der Waals surface area contributed by atoms with Crippen molar-refractivity contribution in [2.75, 3.05) is 44.7 Å². The maximum absolute atomic E-state index is 9.73. The van der Waals surface area contributed by atoms with Crippen molar-refractivity contribution in [3.05, 3.63) is 22.4 Å². The molecule has 136 valence electrons. The molecule has 1 aromatic heterocycles. The molecular weight excluding hydrogens is 312 g/mol. The summed E-state index contributed by atoms with van der Waals surface area (Å²) in [5.74, 6) is 0.808. The highest BCUT2D eigenvalue weighted by atomic mass is 16.5. The maximum atomic E-state index is 9.73. The normalized spacial score (nSPS) is 17.8. The van der Waals surface area contributed by atoms with Crippen LogP contribution in [0.25, 0.3) is 0 Å². The molecule has 1 saturated heterocycles. The van der Waals surface area contributed by atoms with Gasteiger partial charge in [0.1, 0.15) is 11.9 Å². The van der Waals surface area contributed by atoms with E-state index in [1.165, 1.54) is 42.5 Å². The molecule has 0 atom stereocenters. The van der Waals surface area contributed by atoms with Crippen molar-refractivity contribution in [3.8, 4) is 6.07 Å². The topological polar surface area (TPSA) is 61.2 Å². The first kappa shape index (κ1) is 18.2. The lowest BCUT2D eigenvalue weighted by Gasteiger charge is -2.27. The Balaban J connectivity index is 1.75. The van der Waals surface area contributed by atoms with Crippen molar-refractivity contribution in [1.29, 1.82) is 5.26 Å². The summed E-state index contributed by atoms with van der Waals surface area (Å²) < 4.78 is 5.40. The molecule has 3 rings (SSSR count). The van der Waals surface area contributed by atoms with E-state index in [4.69, 9.17) is 9.72 Å². The molecule has 0 spiro atoms. The zero-order valence-corrected chi connectivity index (χ0v) is 15.4. The van der Waals surface area contributed by atoms with Crippen molar-refractivity contribution in [2.45, 2.75) is 51.9 Å². The number of rotatable bonds is 7. The molecule has 0 unspecified atom stereocenters. The van der Waals surface area contributed by atoms with Gasteiger partial charge in [0.15, 0.2) is 0 Å². The zero-order chi connectivity index (χ0) is 17.5. The second kappa shape index (κ2) is 9.17. The minimum absolute atomic E-state index is 0.789. The van der Waals surface area contributed by atoms with Crippen molar-refractivity contribution in [3.63, 3.8) is 0 Å². The van der Waals surface area contributed by atoms with Crippen LogP contribution in [0.15, 0.2) is 0 Å². The summed E-state index contributed by atoms with van der Waals surface area (Å²) in [5.41, 5.74) is 4.65. The van der Waals surface area contributed by atoms with E-state index in [9.17, 15) is 5.26 Å². The molecule has 1 aromatic rings. The Morgan fingerprint density at radius 2 is 1.96 bits per heavy atom. The van der Waals surface area contributed by atoms with Crippen molar-refractivity contribution in [1.82, 2.24) is 9.88 Å². The molecule has 0 bridgehead atoms. The Morgan fingerprint density at radius 1 is 1.20 bits per heavy atom. The monoisotopic (exact) mass is 342 g/mol. The molecule has 2 aliphatic rings. The van der Waals surface area contributed by atoms with Gasteiger partial charge < -0.3 is 10.1 Å². The van der Waals surface area contributed by atoms with Crippen LogP contribution in [0.1, 0.15) is 55.0 Å². The van der Waals surface area contributed by atoms with Gasteiger partial charge in [-0.15, -0.1) is 0 Å². The highest BCUT2D eigenvalue weighted by molar-refractivity contribution is 5.60. The van der Waals surface area contributed by atoms with Gasteiger partial charge in [0, 0.05) is 31.9 Å². The first-order valence-corrected chi connectivity index (χ1v) is 9.82. The molecule has 5 nitrogen and oxygen atoms in total. The lowest BCUT2D eigenvalue weighted by atomic mass is 9.86. The van der Waals surface area contributed by atoms with Crippen LogP contribution in [0, 0.1) is 11.3 Å². The van der Waals surface area contributed by atoms with Crippen LogP contribution in [-0.2, 0) is 24.0 Å². The number of morpholine rings is 1. The highest BCUT2D eigenvalue weighted by Crippen LogP contribution is 2.31. The number of fused-ring (bicyclic) bond motifs is 1. The Hall–Kier alpha value is -1.64. The summed E-state index contributed by atoms with van der Waals surface area (Å²) in [6.45, 7) is 7.64. The van der Waals surface area contributed by atoms with E-state index in [1.807, 2.05) is 0 Å². The van der Waals surface area contributed by atoms with Gasteiger partial charge in [-0.2, -0.15) is 5.26 Å². The van der Waals surface area contributed by atoms with Gasteiger partial charge in [-0.25, -0.2) is 4.98 Å². The average molecular weight is 342 g/mol. The minimum Gasteiger partial charge on any atom is -0.379 e. The van der Waals surface area contributed by atoms with Crippen molar-refractivity contribution >= 4 is 5.82 Å². The van der Waals surface area contributed by atoms with E-state index >= 15 is 0 Å². The van der Waals surface area contributed by atoms with E-state index in [0.29, 0.717) is 0 Å². The number of anilines is 1. The molecule has 0 amide bonds. The third-order valence-corrected chi connectivity index (χ3v) is 5.30. The summed E-state index contributed by atoms with van der Waals surface area (Å²) in [4.78, 5) is 7.30. The molecular formula is C20H30N4O. The van der Waals surface area contributed by atoms with Crippen molar-refractivity contribution < 1.29 is 4.74 Å². The number of nitriles is 1. The third-order valence-electron chi connectivity index (χ3n) is 5.30. The SMILES string of the molecule is CCCCc1nc(NCCN2CCOCC2)c(C#N)c2c1CCCC2. The molecule has 5 heteroatoms. The molecule has 1 aliphatic heterocycles.